The van der Waals surface area contributed by atoms with Gasteiger partial charge in [-0.15, -0.1) is 0 Å². The SMILES string of the molecule is CCOC(=O)C1=C(CN2CCN(c3ccccc3OC)CC2)NC(=O)N[C@@H]1c1ccc(F)cc1. The molecule has 4 rings (SSSR count). The summed E-state index contributed by atoms with van der Waals surface area (Å²) in [5, 5.41) is 5.58. The normalized spacial score (nSPS) is 18.9. The molecule has 0 aliphatic carbocycles. The van der Waals surface area contributed by atoms with Gasteiger partial charge in [-0.1, -0.05) is 24.3 Å². The van der Waals surface area contributed by atoms with E-state index in [2.05, 4.69) is 20.4 Å². The predicted octanol–water partition coefficient (Wildman–Crippen LogP) is 2.83. The van der Waals surface area contributed by atoms with Crippen molar-refractivity contribution in [2.75, 3.05) is 51.3 Å². The average molecular weight is 469 g/mol. The molecule has 34 heavy (non-hydrogen) atoms. The number of methoxy groups -OCH3 is 1. The molecule has 2 aromatic rings. The number of halogens is 1. The zero-order valence-corrected chi connectivity index (χ0v) is 19.3. The number of rotatable bonds is 7. The summed E-state index contributed by atoms with van der Waals surface area (Å²) in [5.74, 6) is -0.0678. The van der Waals surface area contributed by atoms with Crippen LogP contribution >= 0.6 is 0 Å². The van der Waals surface area contributed by atoms with Crippen molar-refractivity contribution in [2.24, 2.45) is 0 Å². The number of piperazine rings is 1. The number of carbonyl (C=O) groups is 2. The van der Waals surface area contributed by atoms with E-state index in [-0.39, 0.29) is 12.4 Å². The van der Waals surface area contributed by atoms with Gasteiger partial charge >= 0.3 is 12.0 Å². The van der Waals surface area contributed by atoms with Gasteiger partial charge in [0.25, 0.3) is 0 Å². The summed E-state index contributed by atoms with van der Waals surface area (Å²) in [5.41, 5.74) is 2.49. The molecule has 1 fully saturated rings. The number of para-hydroxylation sites is 2. The largest absolute Gasteiger partial charge is 0.495 e. The van der Waals surface area contributed by atoms with Crippen LogP contribution in [0.5, 0.6) is 5.75 Å². The fourth-order valence-corrected chi connectivity index (χ4v) is 4.36. The summed E-state index contributed by atoms with van der Waals surface area (Å²) in [4.78, 5) is 29.9. The van der Waals surface area contributed by atoms with Crippen molar-refractivity contribution in [1.82, 2.24) is 15.5 Å². The molecule has 9 heteroatoms. The summed E-state index contributed by atoms with van der Waals surface area (Å²) in [7, 11) is 1.66. The van der Waals surface area contributed by atoms with Crippen molar-refractivity contribution in [3.8, 4) is 5.75 Å². The number of anilines is 1. The first-order chi connectivity index (χ1) is 16.5. The fraction of sp³-hybridized carbons (Fsp3) is 0.360. The minimum absolute atomic E-state index is 0.206. The molecule has 0 radical (unpaired) electrons. The van der Waals surface area contributed by atoms with E-state index < -0.39 is 18.0 Å². The highest BCUT2D eigenvalue weighted by Crippen LogP contribution is 2.30. The highest BCUT2D eigenvalue weighted by Gasteiger charge is 2.34. The molecule has 1 saturated heterocycles. The Hall–Kier alpha value is -3.59. The summed E-state index contributed by atoms with van der Waals surface area (Å²) in [6.45, 7) is 5.35. The Kier molecular flexibility index (Phi) is 7.32. The number of hydrogen-bond acceptors (Lipinski definition) is 6. The second-order valence-corrected chi connectivity index (χ2v) is 8.13. The topological polar surface area (TPSA) is 83.1 Å². The first-order valence-electron chi connectivity index (χ1n) is 11.3. The van der Waals surface area contributed by atoms with Crippen LogP contribution < -0.4 is 20.3 Å². The Morgan fingerprint density at radius 1 is 1.09 bits per heavy atom. The van der Waals surface area contributed by atoms with Crippen LogP contribution in [0.3, 0.4) is 0 Å². The molecule has 2 aliphatic rings. The van der Waals surface area contributed by atoms with Crippen LogP contribution in [0, 0.1) is 5.82 Å². The molecule has 0 aromatic heterocycles. The van der Waals surface area contributed by atoms with Crippen LogP contribution in [0.2, 0.25) is 0 Å². The Morgan fingerprint density at radius 3 is 2.47 bits per heavy atom. The lowest BCUT2D eigenvalue weighted by Gasteiger charge is -2.38. The molecule has 2 N–H and O–H groups in total. The van der Waals surface area contributed by atoms with Gasteiger partial charge in [-0.25, -0.2) is 14.0 Å². The lowest BCUT2D eigenvalue weighted by molar-refractivity contribution is -0.139. The number of ether oxygens (including phenoxy) is 2. The number of carbonyl (C=O) groups excluding carboxylic acids is 2. The van der Waals surface area contributed by atoms with Gasteiger partial charge in [0.15, 0.2) is 0 Å². The Morgan fingerprint density at radius 2 is 1.79 bits per heavy atom. The molecule has 0 spiro atoms. The second kappa shape index (κ2) is 10.6. The zero-order valence-electron chi connectivity index (χ0n) is 19.3. The number of nitrogens with zero attached hydrogens (tertiary/aromatic N) is 2. The fourth-order valence-electron chi connectivity index (χ4n) is 4.36. The van der Waals surface area contributed by atoms with E-state index in [9.17, 15) is 14.0 Å². The summed E-state index contributed by atoms with van der Waals surface area (Å²) >= 11 is 0. The standard InChI is InChI=1S/C25H29FN4O4/c1-3-34-24(31)22-19(27-25(32)28-23(22)17-8-10-18(26)11-9-17)16-29-12-14-30(15-13-29)20-6-4-5-7-21(20)33-2/h4-11,23H,3,12-16H2,1-2H3,(H2,27,28,32)/t23-/m1/s1. The summed E-state index contributed by atoms with van der Waals surface area (Å²) < 4.78 is 24.3. The number of benzene rings is 2. The van der Waals surface area contributed by atoms with Gasteiger partial charge in [-0.05, 0) is 36.8 Å². The Bertz CT molecular complexity index is 1060. The molecule has 2 heterocycles. The number of esters is 1. The average Bonchev–Trinajstić information content (AvgIpc) is 2.84. The highest BCUT2D eigenvalue weighted by atomic mass is 19.1. The van der Waals surface area contributed by atoms with E-state index in [0.717, 1.165) is 37.6 Å². The van der Waals surface area contributed by atoms with Crippen molar-refractivity contribution < 1.29 is 23.5 Å². The third-order valence-electron chi connectivity index (χ3n) is 6.03. The van der Waals surface area contributed by atoms with Gasteiger partial charge in [0.1, 0.15) is 11.6 Å². The van der Waals surface area contributed by atoms with Crippen LogP contribution in [-0.4, -0.2) is 63.3 Å². The van der Waals surface area contributed by atoms with E-state index in [0.29, 0.717) is 23.4 Å². The Labute approximate surface area is 198 Å². The van der Waals surface area contributed by atoms with Gasteiger partial charge < -0.3 is 25.0 Å². The smallest absolute Gasteiger partial charge is 0.338 e. The minimum Gasteiger partial charge on any atom is -0.495 e. The molecule has 1 atom stereocenters. The molecular weight excluding hydrogens is 439 g/mol. The molecule has 180 valence electrons. The van der Waals surface area contributed by atoms with Crippen molar-refractivity contribution in [3.63, 3.8) is 0 Å². The lowest BCUT2D eigenvalue weighted by atomic mass is 9.95. The number of urea groups is 1. The maximum atomic E-state index is 13.5. The quantitative estimate of drug-likeness (QED) is 0.608. The zero-order chi connectivity index (χ0) is 24.1. The first-order valence-corrected chi connectivity index (χ1v) is 11.3. The summed E-state index contributed by atoms with van der Waals surface area (Å²) in [6, 6.07) is 12.5. The molecule has 0 unspecified atom stereocenters. The molecule has 2 aromatic carbocycles. The second-order valence-electron chi connectivity index (χ2n) is 8.13. The van der Waals surface area contributed by atoms with Crippen LogP contribution in [-0.2, 0) is 9.53 Å². The third-order valence-corrected chi connectivity index (χ3v) is 6.03. The van der Waals surface area contributed by atoms with E-state index in [1.165, 1.54) is 12.1 Å². The molecule has 0 bridgehead atoms. The molecule has 2 aliphatic heterocycles. The van der Waals surface area contributed by atoms with Gasteiger partial charge in [0, 0.05) is 38.4 Å². The number of nitrogens with one attached hydrogen (secondary N) is 2. The minimum atomic E-state index is -0.724. The van der Waals surface area contributed by atoms with Gasteiger partial charge in [0.2, 0.25) is 0 Å². The van der Waals surface area contributed by atoms with Crippen molar-refractivity contribution in [1.29, 1.82) is 0 Å². The molecule has 0 saturated carbocycles. The van der Waals surface area contributed by atoms with Crippen molar-refractivity contribution >= 4 is 17.7 Å². The van der Waals surface area contributed by atoms with Gasteiger partial charge in [-0.2, -0.15) is 0 Å². The van der Waals surface area contributed by atoms with Gasteiger partial charge in [0.05, 0.1) is 31.0 Å². The first kappa shape index (κ1) is 23.6. The lowest BCUT2D eigenvalue weighted by Crippen LogP contribution is -2.51. The van der Waals surface area contributed by atoms with E-state index >= 15 is 0 Å². The summed E-state index contributed by atoms with van der Waals surface area (Å²) in [6.07, 6.45) is 0. The van der Waals surface area contributed by atoms with E-state index in [1.807, 2.05) is 24.3 Å². The maximum Gasteiger partial charge on any atom is 0.338 e. The Balaban J connectivity index is 1.55. The monoisotopic (exact) mass is 468 g/mol. The van der Waals surface area contributed by atoms with Crippen LogP contribution in [0.1, 0.15) is 18.5 Å². The number of amides is 2. The molecule has 8 nitrogen and oxygen atoms in total. The van der Waals surface area contributed by atoms with Crippen LogP contribution in [0.4, 0.5) is 14.9 Å². The van der Waals surface area contributed by atoms with E-state index in [1.54, 1.807) is 26.2 Å². The van der Waals surface area contributed by atoms with E-state index in [4.69, 9.17) is 9.47 Å². The molecule has 2 amide bonds. The predicted molar refractivity (Wildman–Crippen MR) is 126 cm³/mol. The number of hydrogen-bond donors (Lipinski definition) is 2. The van der Waals surface area contributed by atoms with Crippen LogP contribution in [0.25, 0.3) is 0 Å². The third kappa shape index (κ3) is 5.14. The van der Waals surface area contributed by atoms with Crippen molar-refractivity contribution in [2.45, 2.75) is 13.0 Å². The van der Waals surface area contributed by atoms with Gasteiger partial charge in [-0.3, -0.25) is 4.90 Å². The van der Waals surface area contributed by atoms with Crippen LogP contribution in [0.15, 0.2) is 59.8 Å². The maximum absolute atomic E-state index is 13.5. The molecular formula is C25H29FN4O4. The van der Waals surface area contributed by atoms with Crippen molar-refractivity contribution in [3.05, 3.63) is 71.2 Å². The highest BCUT2D eigenvalue weighted by molar-refractivity contribution is 5.95.